The Balaban J connectivity index is 1.11. The molecule has 4 atom stereocenters. The van der Waals surface area contributed by atoms with E-state index < -0.39 is 40.4 Å². The molecular weight excluding hydrogens is 588 g/mol. The molecule has 15 heteroatoms. The number of benzene rings is 1. The van der Waals surface area contributed by atoms with Gasteiger partial charge in [-0.3, -0.25) is 9.36 Å². The Morgan fingerprint density at radius 1 is 1.09 bits per heavy atom. The number of hydrogen-bond donors (Lipinski definition) is 4. The molecule has 5 rings (SSSR count). The van der Waals surface area contributed by atoms with Crippen LogP contribution >= 0.6 is 0 Å². The van der Waals surface area contributed by atoms with E-state index in [0.29, 0.717) is 35.4 Å². The highest BCUT2D eigenvalue weighted by Gasteiger charge is 2.56. The maximum Gasteiger partial charge on any atom is 0.224 e. The SMILES string of the molecule is CC1(C)O[C@@H]2[C@H](O1)[C@@H](CCS(=O)(=O)NCCCCC(=O)Nc1cc(C(C)(C)C)ccc1N)O[C@H]2n1cnc2c(N)ncnc21. The van der Waals surface area contributed by atoms with E-state index in [1.165, 1.54) is 6.33 Å². The number of amides is 1. The van der Waals surface area contributed by atoms with Crippen molar-refractivity contribution < 1.29 is 27.4 Å². The number of carbonyl (C=O) groups excluding carboxylic acids is 1. The molecule has 0 aliphatic carbocycles. The summed E-state index contributed by atoms with van der Waals surface area (Å²) < 4.78 is 48.6. The molecular formula is C29H42N8O6S. The highest BCUT2D eigenvalue weighted by molar-refractivity contribution is 7.89. The van der Waals surface area contributed by atoms with Crippen LogP contribution in [0.25, 0.3) is 11.2 Å². The smallest absolute Gasteiger partial charge is 0.224 e. The lowest BCUT2D eigenvalue weighted by Gasteiger charge is -2.24. The van der Waals surface area contributed by atoms with Crippen LogP contribution in [0.1, 0.15) is 72.1 Å². The highest BCUT2D eigenvalue weighted by atomic mass is 32.2. The van der Waals surface area contributed by atoms with Gasteiger partial charge in [-0.2, -0.15) is 0 Å². The van der Waals surface area contributed by atoms with Gasteiger partial charge in [0, 0.05) is 13.0 Å². The number of sulfonamides is 1. The Morgan fingerprint density at radius 2 is 1.84 bits per heavy atom. The molecule has 0 unspecified atom stereocenters. The van der Waals surface area contributed by atoms with E-state index in [-0.39, 0.29) is 42.3 Å². The van der Waals surface area contributed by atoms with E-state index >= 15 is 0 Å². The first-order valence-corrected chi connectivity index (χ1v) is 16.4. The molecule has 0 saturated carbocycles. The maximum absolute atomic E-state index is 12.8. The van der Waals surface area contributed by atoms with Crippen LogP contribution in [-0.2, 0) is 34.4 Å². The van der Waals surface area contributed by atoms with Crippen molar-refractivity contribution in [1.29, 1.82) is 0 Å². The third-order valence-corrected chi connectivity index (χ3v) is 9.22. The fourth-order valence-electron chi connectivity index (χ4n) is 5.50. The van der Waals surface area contributed by atoms with E-state index in [1.807, 2.05) is 26.0 Å². The molecule has 240 valence electrons. The molecule has 2 aromatic heterocycles. The van der Waals surface area contributed by atoms with Gasteiger partial charge >= 0.3 is 0 Å². The number of nitrogens with two attached hydrogens (primary N) is 2. The zero-order chi connectivity index (χ0) is 31.9. The normalized spacial score (nSPS) is 23.2. The lowest BCUT2D eigenvalue weighted by Crippen LogP contribution is -2.34. The largest absolute Gasteiger partial charge is 0.397 e. The standard InChI is InChI=1S/C29H42N8O6S/c1-28(2,3)17-9-10-18(30)19(14-17)36-21(38)8-6-7-12-35-44(39,40)13-11-20-23-24(43-29(4,5)42-23)27(41-20)37-16-34-22-25(31)32-15-33-26(22)37/h9-10,14-16,20,23-24,27,35H,6-8,11-13,30H2,1-5H3,(H,36,38)(H2,31,32,33)/t20-,23-,24-,27-/m1/s1. The van der Waals surface area contributed by atoms with Crippen LogP contribution in [0.3, 0.4) is 0 Å². The van der Waals surface area contributed by atoms with Crippen LogP contribution in [0, 0.1) is 0 Å². The lowest BCUT2D eigenvalue weighted by atomic mass is 9.86. The third-order valence-electron chi connectivity index (χ3n) is 7.80. The summed E-state index contributed by atoms with van der Waals surface area (Å²) in [6.07, 6.45) is 2.18. The first-order valence-electron chi connectivity index (χ1n) is 14.7. The van der Waals surface area contributed by atoms with Crippen molar-refractivity contribution in [3.63, 3.8) is 0 Å². The van der Waals surface area contributed by atoms with Gasteiger partial charge in [0.05, 0.1) is 29.6 Å². The van der Waals surface area contributed by atoms with Gasteiger partial charge in [0.1, 0.15) is 24.1 Å². The number of ether oxygens (including phenoxy) is 3. The van der Waals surface area contributed by atoms with Gasteiger partial charge in [0.25, 0.3) is 0 Å². The molecule has 1 amide bonds. The minimum atomic E-state index is -3.61. The van der Waals surface area contributed by atoms with Gasteiger partial charge in [0.2, 0.25) is 15.9 Å². The number of aromatic nitrogens is 4. The molecule has 0 bridgehead atoms. The Labute approximate surface area is 257 Å². The zero-order valence-electron chi connectivity index (χ0n) is 25.7. The minimum Gasteiger partial charge on any atom is -0.397 e. The van der Waals surface area contributed by atoms with Gasteiger partial charge in [-0.15, -0.1) is 0 Å². The summed E-state index contributed by atoms with van der Waals surface area (Å²) in [5, 5.41) is 2.87. The molecule has 0 spiro atoms. The molecule has 3 aromatic rings. The molecule has 44 heavy (non-hydrogen) atoms. The summed E-state index contributed by atoms with van der Waals surface area (Å²) in [6.45, 7) is 10.1. The van der Waals surface area contributed by atoms with Crippen molar-refractivity contribution in [2.75, 3.05) is 29.1 Å². The Bertz CT molecular complexity index is 1620. The van der Waals surface area contributed by atoms with Crippen molar-refractivity contribution in [3.05, 3.63) is 36.4 Å². The monoisotopic (exact) mass is 630 g/mol. The Kier molecular flexibility index (Phi) is 8.88. The minimum absolute atomic E-state index is 0.0779. The van der Waals surface area contributed by atoms with E-state index in [1.54, 1.807) is 17.0 Å². The van der Waals surface area contributed by atoms with Crippen LogP contribution in [-0.4, -0.2) is 70.2 Å². The summed E-state index contributed by atoms with van der Waals surface area (Å²) in [7, 11) is -3.61. The highest BCUT2D eigenvalue weighted by Crippen LogP contribution is 2.44. The first kappa shape index (κ1) is 32.0. The van der Waals surface area contributed by atoms with Crippen molar-refractivity contribution in [1.82, 2.24) is 24.2 Å². The topological polar surface area (TPSA) is 199 Å². The molecule has 1 aromatic carbocycles. The van der Waals surface area contributed by atoms with Gasteiger partial charge in [-0.05, 0) is 56.2 Å². The number of nitrogens with one attached hydrogen (secondary N) is 2. The summed E-state index contributed by atoms with van der Waals surface area (Å²) in [5.74, 6) is -0.960. The summed E-state index contributed by atoms with van der Waals surface area (Å²) >= 11 is 0. The van der Waals surface area contributed by atoms with E-state index in [4.69, 9.17) is 25.7 Å². The number of rotatable bonds is 11. The van der Waals surface area contributed by atoms with E-state index in [9.17, 15) is 13.2 Å². The number of anilines is 3. The molecule has 2 aliphatic rings. The van der Waals surface area contributed by atoms with Crippen LogP contribution in [0.15, 0.2) is 30.9 Å². The first-order chi connectivity index (χ1) is 20.6. The number of imidazole rings is 1. The van der Waals surface area contributed by atoms with Gasteiger partial charge in [0.15, 0.2) is 23.5 Å². The predicted molar refractivity (Wildman–Crippen MR) is 166 cm³/mol. The number of carbonyl (C=O) groups is 1. The summed E-state index contributed by atoms with van der Waals surface area (Å²) in [5.41, 5.74) is 15.0. The third kappa shape index (κ3) is 7.12. The van der Waals surface area contributed by atoms with Crippen molar-refractivity contribution >= 4 is 44.3 Å². The van der Waals surface area contributed by atoms with Gasteiger partial charge in [-0.1, -0.05) is 26.8 Å². The number of unbranched alkanes of at least 4 members (excludes halogenated alkanes) is 1. The van der Waals surface area contributed by atoms with Crippen LogP contribution < -0.4 is 21.5 Å². The molecule has 2 aliphatic heterocycles. The fraction of sp³-hybridized carbons (Fsp3) is 0.586. The molecule has 2 fully saturated rings. The average molecular weight is 631 g/mol. The molecule has 2 saturated heterocycles. The quantitative estimate of drug-likeness (QED) is 0.179. The number of hydrogen-bond acceptors (Lipinski definition) is 11. The van der Waals surface area contributed by atoms with E-state index in [2.05, 4.69) is 45.8 Å². The van der Waals surface area contributed by atoms with E-state index in [0.717, 1.165) is 5.56 Å². The lowest BCUT2D eigenvalue weighted by molar-refractivity contribution is -0.196. The summed E-state index contributed by atoms with van der Waals surface area (Å²) in [6, 6.07) is 5.64. The molecule has 4 heterocycles. The number of fused-ring (bicyclic) bond motifs is 2. The molecule has 14 nitrogen and oxygen atoms in total. The second-order valence-corrected chi connectivity index (χ2v) is 14.7. The maximum atomic E-state index is 12.8. The predicted octanol–water partition coefficient (Wildman–Crippen LogP) is 2.82. The van der Waals surface area contributed by atoms with Crippen molar-refractivity contribution in [3.8, 4) is 0 Å². The number of nitrogen functional groups attached to an aromatic ring is 2. The Hall–Kier alpha value is -3.37. The summed E-state index contributed by atoms with van der Waals surface area (Å²) in [4.78, 5) is 25.1. The van der Waals surface area contributed by atoms with Gasteiger partial charge < -0.3 is 31.0 Å². The van der Waals surface area contributed by atoms with Gasteiger partial charge in [-0.25, -0.2) is 28.1 Å². The fourth-order valence-corrected chi connectivity index (χ4v) is 6.64. The van der Waals surface area contributed by atoms with Crippen LogP contribution in [0.4, 0.5) is 17.2 Å². The van der Waals surface area contributed by atoms with Crippen molar-refractivity contribution in [2.45, 2.75) is 96.0 Å². The van der Waals surface area contributed by atoms with Crippen LogP contribution in [0.2, 0.25) is 0 Å². The average Bonchev–Trinajstić information content (AvgIpc) is 3.59. The van der Waals surface area contributed by atoms with Crippen LogP contribution in [0.5, 0.6) is 0 Å². The second-order valence-electron chi connectivity index (χ2n) is 12.8. The molecule has 0 radical (unpaired) electrons. The zero-order valence-corrected chi connectivity index (χ0v) is 26.6. The Morgan fingerprint density at radius 3 is 2.59 bits per heavy atom. The second kappa shape index (κ2) is 12.2. The molecule has 6 N–H and O–H groups in total. The van der Waals surface area contributed by atoms with Crippen molar-refractivity contribution in [2.24, 2.45) is 0 Å². The number of nitrogens with zero attached hydrogens (tertiary/aromatic N) is 4.